The lowest BCUT2D eigenvalue weighted by molar-refractivity contribution is -0.152. The molecule has 0 radical (unpaired) electrons. The highest BCUT2D eigenvalue weighted by Gasteiger charge is 2.45. The molecule has 29 heavy (non-hydrogen) atoms. The van der Waals surface area contributed by atoms with E-state index >= 15 is 0 Å². The Morgan fingerprint density at radius 1 is 1.17 bits per heavy atom. The van der Waals surface area contributed by atoms with E-state index in [9.17, 15) is 9.90 Å². The van der Waals surface area contributed by atoms with E-state index in [0.29, 0.717) is 17.6 Å². The van der Waals surface area contributed by atoms with Gasteiger partial charge in [0.05, 0.1) is 6.10 Å². The van der Waals surface area contributed by atoms with Crippen LogP contribution in [0.1, 0.15) is 54.5 Å². The van der Waals surface area contributed by atoms with Gasteiger partial charge in [0.2, 0.25) is 0 Å². The van der Waals surface area contributed by atoms with Crippen molar-refractivity contribution >= 4 is 17.7 Å². The summed E-state index contributed by atoms with van der Waals surface area (Å²) in [6.45, 7) is 7.11. The number of carboxylic acid groups (broad SMARTS) is 1. The summed E-state index contributed by atoms with van der Waals surface area (Å²) in [7, 11) is 1.78. The first-order valence-corrected chi connectivity index (χ1v) is 11.1. The van der Waals surface area contributed by atoms with Crippen LogP contribution in [0.4, 0.5) is 0 Å². The Morgan fingerprint density at radius 2 is 1.76 bits per heavy atom. The molecule has 1 aliphatic carbocycles. The van der Waals surface area contributed by atoms with Gasteiger partial charge in [0, 0.05) is 12.0 Å². The normalized spacial score (nSPS) is 19.7. The van der Waals surface area contributed by atoms with Crippen LogP contribution in [0.3, 0.4) is 0 Å². The number of carboxylic acids is 1. The smallest absolute Gasteiger partial charge is 0.347 e. The van der Waals surface area contributed by atoms with E-state index in [1.807, 2.05) is 13.8 Å². The molecule has 4 nitrogen and oxygen atoms in total. The van der Waals surface area contributed by atoms with Crippen molar-refractivity contribution in [1.82, 2.24) is 0 Å². The first-order chi connectivity index (χ1) is 13.7. The molecule has 0 aliphatic heterocycles. The van der Waals surface area contributed by atoms with E-state index in [4.69, 9.17) is 9.47 Å². The van der Waals surface area contributed by atoms with Crippen LogP contribution in [-0.4, -0.2) is 30.0 Å². The summed E-state index contributed by atoms with van der Waals surface area (Å²) in [5.74, 6) is 0.577. The van der Waals surface area contributed by atoms with Gasteiger partial charge >= 0.3 is 5.97 Å². The topological polar surface area (TPSA) is 55.8 Å². The fourth-order valence-corrected chi connectivity index (χ4v) is 4.35. The Bertz CT molecular complexity index is 865. The fourth-order valence-electron chi connectivity index (χ4n) is 3.94. The van der Waals surface area contributed by atoms with Crippen LogP contribution in [0.2, 0.25) is 0 Å². The van der Waals surface area contributed by atoms with E-state index in [2.05, 4.69) is 42.7 Å². The van der Waals surface area contributed by atoms with Crippen LogP contribution < -0.4 is 4.74 Å². The fraction of sp³-hybridized carbons (Fsp3) is 0.458. The summed E-state index contributed by atoms with van der Waals surface area (Å²) < 4.78 is 11.7. The molecular formula is C24H30O4S. The van der Waals surface area contributed by atoms with Gasteiger partial charge in [-0.2, -0.15) is 0 Å². The number of aryl methyl sites for hydroxylation is 2. The third kappa shape index (κ3) is 4.62. The Balaban J connectivity index is 1.79. The van der Waals surface area contributed by atoms with E-state index in [1.54, 1.807) is 32.7 Å². The number of hydrogen-bond donors (Lipinski definition) is 1. The second-order valence-electron chi connectivity index (χ2n) is 8.34. The molecule has 1 saturated carbocycles. The largest absolute Gasteiger partial charge is 0.478 e. The first-order valence-electron chi connectivity index (χ1n) is 9.88. The quantitative estimate of drug-likeness (QED) is 0.557. The number of methoxy groups -OCH3 is 1. The first kappa shape index (κ1) is 21.7. The van der Waals surface area contributed by atoms with E-state index in [0.717, 1.165) is 17.5 Å². The third-order valence-electron chi connectivity index (χ3n) is 5.71. The number of aliphatic carboxylic acids is 1. The molecule has 156 valence electrons. The van der Waals surface area contributed by atoms with E-state index < -0.39 is 11.6 Å². The maximum absolute atomic E-state index is 11.4. The van der Waals surface area contributed by atoms with Gasteiger partial charge in [-0.1, -0.05) is 24.3 Å². The summed E-state index contributed by atoms with van der Waals surface area (Å²) in [5.41, 5.74) is 3.17. The minimum atomic E-state index is -1.26. The lowest BCUT2D eigenvalue weighted by Gasteiger charge is -2.24. The second kappa shape index (κ2) is 8.41. The molecule has 1 aliphatic rings. The van der Waals surface area contributed by atoms with Crippen molar-refractivity contribution in [2.75, 3.05) is 13.4 Å². The predicted molar refractivity (Wildman–Crippen MR) is 117 cm³/mol. The minimum Gasteiger partial charge on any atom is -0.478 e. The van der Waals surface area contributed by atoms with E-state index in [-0.39, 0.29) is 6.10 Å². The average Bonchev–Trinajstić information content (AvgIpc) is 3.46. The van der Waals surface area contributed by atoms with Gasteiger partial charge in [0.1, 0.15) is 5.75 Å². The SMILES string of the molecule is COC(c1ccc(SC)cc1)C1CC1c1cc(C)c(OC(C)(C)C(=O)O)c(C)c1. The van der Waals surface area contributed by atoms with Crippen LogP contribution in [0.5, 0.6) is 5.75 Å². The molecule has 2 aromatic carbocycles. The summed E-state index contributed by atoms with van der Waals surface area (Å²) in [4.78, 5) is 12.7. The molecular weight excluding hydrogens is 384 g/mol. The zero-order valence-electron chi connectivity index (χ0n) is 18.0. The number of carbonyl (C=O) groups is 1. The number of benzene rings is 2. The third-order valence-corrected chi connectivity index (χ3v) is 6.45. The standard InChI is InChI=1S/C24H30O4S/c1-14-11-17(12-15(2)21(14)28-24(3,4)23(25)26)19-13-20(19)22(27-5)16-7-9-18(29-6)10-8-16/h7-12,19-20,22H,13H2,1-6H3,(H,25,26). The number of hydrogen-bond acceptors (Lipinski definition) is 4. The molecule has 0 bridgehead atoms. The van der Waals surface area contributed by atoms with Gasteiger partial charge < -0.3 is 14.6 Å². The van der Waals surface area contributed by atoms with Crippen LogP contribution in [0.15, 0.2) is 41.3 Å². The molecule has 3 rings (SSSR count). The Hall–Kier alpha value is -1.98. The minimum absolute atomic E-state index is 0.0818. The number of rotatable bonds is 8. The summed E-state index contributed by atoms with van der Waals surface area (Å²) in [5, 5.41) is 9.36. The van der Waals surface area contributed by atoms with Gasteiger partial charge in [-0.25, -0.2) is 4.79 Å². The molecule has 0 amide bonds. The zero-order valence-corrected chi connectivity index (χ0v) is 18.8. The molecule has 0 spiro atoms. The molecule has 0 saturated heterocycles. The monoisotopic (exact) mass is 414 g/mol. The van der Waals surface area contributed by atoms with Crippen molar-refractivity contribution in [2.24, 2.45) is 5.92 Å². The van der Waals surface area contributed by atoms with E-state index in [1.165, 1.54) is 16.0 Å². The highest BCUT2D eigenvalue weighted by molar-refractivity contribution is 7.98. The van der Waals surface area contributed by atoms with Gasteiger partial charge in [0.25, 0.3) is 0 Å². The van der Waals surface area contributed by atoms with Crippen LogP contribution >= 0.6 is 11.8 Å². The molecule has 1 fully saturated rings. The summed E-state index contributed by atoms with van der Waals surface area (Å²) >= 11 is 1.74. The molecule has 3 atom stereocenters. The van der Waals surface area contributed by atoms with Crippen molar-refractivity contribution in [3.8, 4) is 5.75 Å². The summed E-state index contributed by atoms with van der Waals surface area (Å²) in [6.07, 6.45) is 3.25. The lowest BCUT2D eigenvalue weighted by Crippen LogP contribution is -2.38. The van der Waals surface area contributed by atoms with Crippen LogP contribution in [0.25, 0.3) is 0 Å². The Labute approximate surface area is 177 Å². The van der Waals surface area contributed by atoms with Crippen molar-refractivity contribution in [3.05, 3.63) is 58.7 Å². The summed E-state index contributed by atoms with van der Waals surface area (Å²) in [6, 6.07) is 12.9. The Morgan fingerprint density at radius 3 is 2.24 bits per heavy atom. The van der Waals surface area contributed by atoms with Crippen molar-refractivity contribution in [1.29, 1.82) is 0 Å². The lowest BCUT2D eigenvalue weighted by atomic mass is 9.98. The molecule has 3 unspecified atom stereocenters. The highest BCUT2D eigenvalue weighted by atomic mass is 32.2. The van der Waals surface area contributed by atoms with Gasteiger partial charge in [-0.05, 0) is 86.6 Å². The van der Waals surface area contributed by atoms with Crippen LogP contribution in [-0.2, 0) is 9.53 Å². The molecule has 2 aromatic rings. The number of ether oxygens (including phenoxy) is 2. The van der Waals surface area contributed by atoms with Crippen molar-refractivity contribution in [2.45, 2.75) is 56.6 Å². The van der Waals surface area contributed by atoms with Gasteiger partial charge in [-0.15, -0.1) is 11.8 Å². The highest BCUT2D eigenvalue weighted by Crippen LogP contribution is 2.56. The van der Waals surface area contributed by atoms with Gasteiger partial charge in [-0.3, -0.25) is 0 Å². The van der Waals surface area contributed by atoms with Gasteiger partial charge in [0.15, 0.2) is 5.60 Å². The average molecular weight is 415 g/mol. The number of thioether (sulfide) groups is 1. The predicted octanol–water partition coefficient (Wildman–Crippen LogP) is 5.76. The maximum Gasteiger partial charge on any atom is 0.347 e. The Kier molecular flexibility index (Phi) is 6.30. The maximum atomic E-state index is 11.4. The molecule has 0 aromatic heterocycles. The molecule has 1 N–H and O–H groups in total. The zero-order chi connectivity index (χ0) is 21.3. The second-order valence-corrected chi connectivity index (χ2v) is 9.22. The van der Waals surface area contributed by atoms with Crippen molar-refractivity contribution in [3.63, 3.8) is 0 Å². The van der Waals surface area contributed by atoms with Crippen molar-refractivity contribution < 1.29 is 19.4 Å². The van der Waals surface area contributed by atoms with Crippen LogP contribution in [0, 0.1) is 19.8 Å². The molecule has 0 heterocycles. The molecule has 5 heteroatoms.